The van der Waals surface area contributed by atoms with E-state index in [-0.39, 0.29) is 0 Å². The summed E-state index contributed by atoms with van der Waals surface area (Å²) in [6, 6.07) is 11.0. The molecule has 1 heteroatoms. The number of methoxy groups -OCH3 is 1. The summed E-state index contributed by atoms with van der Waals surface area (Å²) in [6.07, 6.45) is 7.67. The molecule has 0 aliphatic heterocycles. The van der Waals surface area contributed by atoms with E-state index in [4.69, 9.17) is 4.74 Å². The zero-order valence-corrected chi connectivity index (χ0v) is 10.3. The maximum absolute atomic E-state index is 5.44. The van der Waals surface area contributed by atoms with Gasteiger partial charge in [-0.15, -0.1) is 0 Å². The van der Waals surface area contributed by atoms with Gasteiger partial charge in [-0.05, 0) is 33.5 Å². The molecule has 1 atom stereocenters. The van der Waals surface area contributed by atoms with E-state index in [9.17, 15) is 0 Å². The molecule has 4 rings (SSSR count). The molecule has 0 spiro atoms. The predicted octanol–water partition coefficient (Wildman–Crippen LogP) is 4.04. The first-order chi connectivity index (χ1) is 8.86. The molecule has 0 fully saturated rings. The van der Waals surface area contributed by atoms with Crippen LogP contribution in [0.3, 0.4) is 0 Å². The molecule has 0 N–H and O–H groups in total. The number of benzene rings is 2. The average Bonchev–Trinajstić information content (AvgIpc) is 2.44. The van der Waals surface area contributed by atoms with Crippen LogP contribution in [0, 0.1) is 0 Å². The van der Waals surface area contributed by atoms with Crippen molar-refractivity contribution < 1.29 is 4.74 Å². The van der Waals surface area contributed by atoms with Crippen LogP contribution in [-0.4, -0.2) is 7.11 Å². The van der Waals surface area contributed by atoms with Crippen molar-refractivity contribution in [3.05, 3.63) is 64.9 Å². The maximum atomic E-state index is 5.44. The van der Waals surface area contributed by atoms with Crippen LogP contribution < -0.4 is 0 Å². The Labute approximate surface area is 106 Å². The smallest absolute Gasteiger partial charge is 0.0968 e. The van der Waals surface area contributed by atoms with Crippen molar-refractivity contribution in [2.45, 2.75) is 12.3 Å². The van der Waals surface area contributed by atoms with Crippen molar-refractivity contribution in [2.24, 2.45) is 0 Å². The normalized spacial score (nSPS) is 19.8. The van der Waals surface area contributed by atoms with Gasteiger partial charge < -0.3 is 4.74 Å². The third-order valence-electron chi connectivity index (χ3n) is 4.02. The molecule has 0 amide bonds. The fourth-order valence-electron chi connectivity index (χ4n) is 3.18. The van der Waals surface area contributed by atoms with Crippen molar-refractivity contribution in [3.63, 3.8) is 0 Å². The zero-order chi connectivity index (χ0) is 12.1. The highest BCUT2D eigenvalue weighted by Crippen LogP contribution is 2.41. The van der Waals surface area contributed by atoms with Gasteiger partial charge in [0.15, 0.2) is 0 Å². The zero-order valence-electron chi connectivity index (χ0n) is 10.3. The van der Waals surface area contributed by atoms with Gasteiger partial charge >= 0.3 is 0 Å². The monoisotopic (exact) mass is 234 g/mol. The van der Waals surface area contributed by atoms with Crippen LogP contribution in [0.15, 0.2) is 48.2 Å². The van der Waals surface area contributed by atoms with E-state index in [1.54, 1.807) is 7.11 Å². The third-order valence-corrected chi connectivity index (χ3v) is 4.02. The van der Waals surface area contributed by atoms with Crippen LogP contribution >= 0.6 is 0 Å². The molecule has 0 heterocycles. The van der Waals surface area contributed by atoms with Crippen molar-refractivity contribution in [1.29, 1.82) is 0 Å². The van der Waals surface area contributed by atoms with E-state index in [2.05, 4.69) is 48.6 Å². The van der Waals surface area contributed by atoms with Gasteiger partial charge in [0.2, 0.25) is 0 Å². The Hall–Kier alpha value is -2.02. The topological polar surface area (TPSA) is 9.23 Å². The molecule has 2 aliphatic carbocycles. The number of hydrogen-bond acceptors (Lipinski definition) is 1. The highest BCUT2D eigenvalue weighted by atomic mass is 16.5. The first-order valence-corrected chi connectivity index (χ1v) is 6.34. The van der Waals surface area contributed by atoms with Gasteiger partial charge in [-0.1, -0.05) is 42.5 Å². The molecule has 2 aliphatic rings. The summed E-state index contributed by atoms with van der Waals surface area (Å²) in [7, 11) is 1.76. The standard InChI is InChI=1S/C17H14O/c1-18-15-9-13-7-5-11-3-2-4-12-6-8-14(10-15)17(13)16(11)12/h2-9,13H,10H2,1H3. The van der Waals surface area contributed by atoms with Crippen LogP contribution in [0.2, 0.25) is 0 Å². The second kappa shape index (κ2) is 3.49. The number of hydrogen-bond donors (Lipinski definition) is 0. The van der Waals surface area contributed by atoms with Gasteiger partial charge in [0.05, 0.1) is 12.9 Å². The van der Waals surface area contributed by atoms with Crippen molar-refractivity contribution in [3.8, 4) is 0 Å². The fourth-order valence-corrected chi connectivity index (χ4v) is 3.18. The van der Waals surface area contributed by atoms with E-state index >= 15 is 0 Å². The number of allylic oxidation sites excluding steroid dienone is 3. The lowest BCUT2D eigenvalue weighted by Crippen LogP contribution is -2.11. The third kappa shape index (κ3) is 1.22. The van der Waals surface area contributed by atoms with Crippen LogP contribution in [0.4, 0.5) is 0 Å². The molecule has 0 saturated heterocycles. The van der Waals surface area contributed by atoms with Gasteiger partial charge in [0, 0.05) is 12.3 Å². The summed E-state index contributed by atoms with van der Waals surface area (Å²) >= 11 is 0. The van der Waals surface area contributed by atoms with Crippen molar-refractivity contribution in [2.75, 3.05) is 7.11 Å². The molecule has 0 bridgehead atoms. The lowest BCUT2D eigenvalue weighted by Gasteiger charge is -2.27. The first-order valence-electron chi connectivity index (χ1n) is 6.34. The molecule has 88 valence electrons. The second-order valence-corrected chi connectivity index (χ2v) is 4.98. The minimum Gasteiger partial charge on any atom is -0.501 e. The molecule has 0 radical (unpaired) electrons. The van der Waals surface area contributed by atoms with Gasteiger partial charge in [-0.25, -0.2) is 0 Å². The van der Waals surface area contributed by atoms with Crippen LogP contribution in [0.1, 0.15) is 22.6 Å². The molecule has 2 aromatic carbocycles. The Balaban J connectivity index is 2.09. The largest absolute Gasteiger partial charge is 0.501 e. The average molecular weight is 234 g/mol. The molecule has 0 saturated carbocycles. The summed E-state index contributed by atoms with van der Waals surface area (Å²) in [6.45, 7) is 0. The quantitative estimate of drug-likeness (QED) is 0.723. The fraction of sp³-hybridized carbons (Fsp3) is 0.176. The van der Waals surface area contributed by atoms with Gasteiger partial charge in [0.25, 0.3) is 0 Å². The summed E-state index contributed by atoms with van der Waals surface area (Å²) in [5.41, 5.74) is 4.23. The molecule has 18 heavy (non-hydrogen) atoms. The Morgan fingerprint density at radius 3 is 3.00 bits per heavy atom. The van der Waals surface area contributed by atoms with Gasteiger partial charge in [-0.3, -0.25) is 0 Å². The van der Waals surface area contributed by atoms with E-state index in [0.29, 0.717) is 5.92 Å². The van der Waals surface area contributed by atoms with E-state index in [0.717, 1.165) is 12.2 Å². The van der Waals surface area contributed by atoms with Crippen LogP contribution in [0.5, 0.6) is 0 Å². The summed E-state index contributed by atoms with van der Waals surface area (Å²) in [5, 5.41) is 2.77. The number of ether oxygens (including phenoxy) is 1. The first kappa shape index (κ1) is 9.95. The molecular formula is C17H14O. The predicted molar refractivity (Wildman–Crippen MR) is 74.5 cm³/mol. The van der Waals surface area contributed by atoms with Gasteiger partial charge in [0.1, 0.15) is 0 Å². The molecule has 2 aromatic rings. The Morgan fingerprint density at radius 1 is 1.17 bits per heavy atom. The van der Waals surface area contributed by atoms with Crippen LogP contribution in [0.25, 0.3) is 16.8 Å². The molecule has 0 aromatic heterocycles. The van der Waals surface area contributed by atoms with E-state index in [1.165, 1.54) is 27.5 Å². The SMILES string of the molecule is COC1=CC2C=Cc3cccc4ccc(c2c34)C1. The maximum Gasteiger partial charge on any atom is 0.0968 e. The summed E-state index contributed by atoms with van der Waals surface area (Å²) in [4.78, 5) is 0. The van der Waals surface area contributed by atoms with Crippen molar-refractivity contribution >= 4 is 16.8 Å². The minimum atomic E-state index is 0.377. The van der Waals surface area contributed by atoms with E-state index < -0.39 is 0 Å². The minimum absolute atomic E-state index is 0.377. The lowest BCUT2D eigenvalue weighted by atomic mass is 9.79. The lowest BCUT2D eigenvalue weighted by molar-refractivity contribution is 0.279. The van der Waals surface area contributed by atoms with Crippen molar-refractivity contribution in [1.82, 2.24) is 0 Å². The molecule has 1 nitrogen and oxygen atoms in total. The Morgan fingerprint density at radius 2 is 2.11 bits per heavy atom. The highest BCUT2D eigenvalue weighted by molar-refractivity contribution is 5.97. The number of rotatable bonds is 1. The van der Waals surface area contributed by atoms with E-state index in [1.807, 2.05) is 0 Å². The Bertz CT molecular complexity index is 707. The Kier molecular flexibility index (Phi) is 1.93. The second-order valence-electron chi connectivity index (χ2n) is 4.98. The summed E-state index contributed by atoms with van der Waals surface area (Å²) in [5.74, 6) is 1.46. The van der Waals surface area contributed by atoms with Crippen LogP contribution in [-0.2, 0) is 11.2 Å². The molecule has 1 unspecified atom stereocenters. The van der Waals surface area contributed by atoms with Gasteiger partial charge in [-0.2, -0.15) is 0 Å². The highest BCUT2D eigenvalue weighted by Gasteiger charge is 2.24. The molecular weight excluding hydrogens is 220 g/mol. The summed E-state index contributed by atoms with van der Waals surface area (Å²) < 4.78 is 5.44.